The van der Waals surface area contributed by atoms with Gasteiger partial charge in [-0.2, -0.15) is 4.98 Å². The maximum Gasteiger partial charge on any atom is 0.228 e. The van der Waals surface area contributed by atoms with Gasteiger partial charge in [-0.05, 0) is 13.1 Å². The Hall–Kier alpha value is -1.55. The number of nitrogens with one attached hydrogen (secondary N) is 1. The number of pyridine rings is 1. The fourth-order valence-electron chi connectivity index (χ4n) is 2.55. The summed E-state index contributed by atoms with van der Waals surface area (Å²) in [5, 5.41) is 9.66. The molecule has 0 aromatic carbocycles. The van der Waals surface area contributed by atoms with E-state index in [1.54, 1.807) is 12.3 Å². The molecule has 10 heteroatoms. The number of likely N-dealkylation sites (N-methyl/N-ethyl adjacent to an activating group) is 1. The van der Waals surface area contributed by atoms with Crippen LogP contribution in [0.3, 0.4) is 0 Å². The van der Waals surface area contributed by atoms with E-state index in [0.29, 0.717) is 29.2 Å². The number of nitrogens with zero attached hydrogens (tertiary/aromatic N) is 5. The van der Waals surface area contributed by atoms with Gasteiger partial charge in [-0.1, -0.05) is 11.6 Å². The molecule has 8 nitrogen and oxygen atoms in total. The number of anilines is 2. The van der Waals surface area contributed by atoms with Crippen LogP contribution in [0, 0.1) is 0 Å². The lowest BCUT2D eigenvalue weighted by Gasteiger charge is -2.32. The molecule has 0 radical (unpaired) electrons. The zero-order valence-electron chi connectivity index (χ0n) is 13.4. The highest BCUT2D eigenvalue weighted by molar-refractivity contribution is 7.82. The van der Waals surface area contributed by atoms with Crippen LogP contribution in [0.4, 0.5) is 11.8 Å². The number of hydrogen-bond donors (Lipinski definition) is 2. The Morgan fingerprint density at radius 2 is 2.08 bits per heavy atom. The van der Waals surface area contributed by atoms with Crippen LogP contribution in [0.2, 0.25) is 5.15 Å². The van der Waals surface area contributed by atoms with Crippen LogP contribution < -0.4 is 15.4 Å². The topological polar surface area (TPSA) is 100 Å². The number of fused-ring (bicyclic) bond motifs is 1. The minimum Gasteiger partial charge on any atom is -0.368 e. The molecular formula is C14H20ClN7OS. The molecule has 3 N–H and O–H groups in total. The van der Waals surface area contributed by atoms with Gasteiger partial charge in [0.25, 0.3) is 0 Å². The molecule has 0 aliphatic carbocycles. The molecule has 1 saturated heterocycles. The quantitative estimate of drug-likeness (QED) is 0.738. The van der Waals surface area contributed by atoms with Crippen LogP contribution in [0.1, 0.15) is 0 Å². The summed E-state index contributed by atoms with van der Waals surface area (Å²) in [4.78, 5) is 17.8. The Balaban J connectivity index is 1.92. The molecule has 1 unspecified atom stereocenters. The van der Waals surface area contributed by atoms with Crippen LogP contribution >= 0.6 is 11.6 Å². The Bertz CT molecular complexity index is 751. The molecule has 1 aliphatic heterocycles. The fraction of sp³-hybridized carbons (Fsp3) is 0.500. The largest absolute Gasteiger partial charge is 0.368 e. The highest BCUT2D eigenvalue weighted by Crippen LogP contribution is 2.25. The minimum absolute atomic E-state index is 0.341. The van der Waals surface area contributed by atoms with E-state index in [0.717, 1.165) is 37.1 Å². The summed E-state index contributed by atoms with van der Waals surface area (Å²) in [6, 6.07) is 1.73. The molecule has 2 aromatic heterocycles. The molecule has 0 bridgehead atoms. The average molecular weight is 370 g/mol. The maximum absolute atomic E-state index is 11.1. The van der Waals surface area contributed by atoms with Crippen molar-refractivity contribution < 1.29 is 4.21 Å². The van der Waals surface area contributed by atoms with Gasteiger partial charge in [0.15, 0.2) is 0 Å². The molecule has 3 rings (SSSR count). The first-order chi connectivity index (χ1) is 11.5. The van der Waals surface area contributed by atoms with E-state index in [1.807, 2.05) is 0 Å². The van der Waals surface area contributed by atoms with Crippen molar-refractivity contribution in [3.63, 3.8) is 0 Å². The zero-order chi connectivity index (χ0) is 17.1. The monoisotopic (exact) mass is 369 g/mol. The van der Waals surface area contributed by atoms with Gasteiger partial charge in [0.1, 0.15) is 11.0 Å². The third kappa shape index (κ3) is 4.10. The first-order valence-corrected chi connectivity index (χ1v) is 9.42. The summed E-state index contributed by atoms with van der Waals surface area (Å²) in [6.07, 6.45) is 1.64. The van der Waals surface area contributed by atoms with Crippen LogP contribution in [0.5, 0.6) is 0 Å². The van der Waals surface area contributed by atoms with Crippen LogP contribution in [-0.2, 0) is 11.0 Å². The van der Waals surface area contributed by atoms with Crippen molar-refractivity contribution in [3.8, 4) is 0 Å². The predicted octanol–water partition coefficient (Wildman–Crippen LogP) is 0.464. The maximum atomic E-state index is 11.1. The van der Waals surface area contributed by atoms with Crippen molar-refractivity contribution in [1.82, 2.24) is 19.9 Å². The van der Waals surface area contributed by atoms with Crippen molar-refractivity contribution >= 4 is 45.3 Å². The lowest BCUT2D eigenvalue weighted by Crippen LogP contribution is -2.45. The molecule has 1 aliphatic rings. The third-order valence-electron chi connectivity index (χ3n) is 3.92. The lowest BCUT2D eigenvalue weighted by atomic mass is 10.3. The third-order valence-corrected chi connectivity index (χ3v) is 4.73. The first-order valence-electron chi connectivity index (χ1n) is 7.66. The molecule has 130 valence electrons. The lowest BCUT2D eigenvalue weighted by molar-refractivity contribution is 0.311. The van der Waals surface area contributed by atoms with Crippen molar-refractivity contribution in [2.45, 2.75) is 0 Å². The second-order valence-electron chi connectivity index (χ2n) is 5.70. The smallest absolute Gasteiger partial charge is 0.228 e. The normalized spacial score (nSPS) is 17.2. The molecule has 1 atom stereocenters. The second-order valence-corrected chi connectivity index (χ2v) is 7.26. The number of halogens is 1. The van der Waals surface area contributed by atoms with Gasteiger partial charge in [0.05, 0.1) is 28.5 Å². The number of nitrogens with two attached hydrogens (primary N) is 1. The van der Waals surface area contributed by atoms with Gasteiger partial charge >= 0.3 is 0 Å². The van der Waals surface area contributed by atoms with Gasteiger partial charge < -0.3 is 15.1 Å². The molecule has 0 spiro atoms. The Morgan fingerprint density at radius 1 is 1.33 bits per heavy atom. The molecule has 1 fully saturated rings. The number of hydrogen-bond acceptors (Lipinski definition) is 7. The number of piperazine rings is 1. The van der Waals surface area contributed by atoms with Crippen molar-refractivity contribution in [3.05, 3.63) is 17.4 Å². The Morgan fingerprint density at radius 3 is 2.79 bits per heavy atom. The summed E-state index contributed by atoms with van der Waals surface area (Å²) in [5.41, 5.74) is 0.722. The molecule has 2 aromatic rings. The number of aromatic nitrogens is 3. The second kappa shape index (κ2) is 7.56. The van der Waals surface area contributed by atoms with E-state index in [4.69, 9.17) is 16.7 Å². The summed E-state index contributed by atoms with van der Waals surface area (Å²) >= 11 is 6.00. The minimum atomic E-state index is -1.35. The summed E-state index contributed by atoms with van der Waals surface area (Å²) in [7, 11) is 0.750. The highest BCUT2D eigenvalue weighted by Gasteiger charge is 2.18. The van der Waals surface area contributed by atoms with E-state index >= 15 is 0 Å². The summed E-state index contributed by atoms with van der Waals surface area (Å²) in [6.45, 7) is 4.13. The fourth-order valence-corrected chi connectivity index (χ4v) is 3.01. The molecule has 0 saturated carbocycles. The SMILES string of the molecule is CN1CCN(c2nc(NCCS(N)=O)c3cc(Cl)ncc3n2)CC1. The van der Waals surface area contributed by atoms with Crippen LogP contribution in [0.15, 0.2) is 12.3 Å². The highest BCUT2D eigenvalue weighted by atomic mass is 35.5. The van der Waals surface area contributed by atoms with Crippen LogP contribution in [-0.4, -0.2) is 69.6 Å². The van der Waals surface area contributed by atoms with Crippen molar-refractivity contribution in [2.75, 3.05) is 55.7 Å². The molecule has 3 heterocycles. The first kappa shape index (κ1) is 17.3. The van der Waals surface area contributed by atoms with E-state index in [2.05, 4.69) is 37.1 Å². The summed E-state index contributed by atoms with van der Waals surface area (Å²) < 4.78 is 11.1. The van der Waals surface area contributed by atoms with E-state index in [-0.39, 0.29) is 0 Å². The Kier molecular flexibility index (Phi) is 5.44. The average Bonchev–Trinajstić information content (AvgIpc) is 2.55. The summed E-state index contributed by atoms with van der Waals surface area (Å²) in [5.74, 6) is 1.66. The van der Waals surface area contributed by atoms with Crippen LogP contribution in [0.25, 0.3) is 10.9 Å². The van der Waals surface area contributed by atoms with Crippen molar-refractivity contribution in [1.29, 1.82) is 0 Å². The van der Waals surface area contributed by atoms with Gasteiger partial charge in [-0.3, -0.25) is 5.14 Å². The van der Waals surface area contributed by atoms with Gasteiger partial charge in [0, 0.05) is 38.1 Å². The molecule has 0 amide bonds. The van der Waals surface area contributed by atoms with Gasteiger partial charge in [-0.25, -0.2) is 14.2 Å². The standard InChI is InChI=1S/C14H20ClN7OS/c1-21-3-5-22(6-4-21)14-19-11-9-18-12(15)8-10(11)13(20-14)17-2-7-24(16)23/h8-9H,2-7,16H2,1H3,(H,17,19,20). The van der Waals surface area contributed by atoms with E-state index < -0.39 is 11.0 Å². The zero-order valence-corrected chi connectivity index (χ0v) is 15.0. The van der Waals surface area contributed by atoms with Gasteiger partial charge in [0.2, 0.25) is 5.95 Å². The molecular weight excluding hydrogens is 350 g/mol. The number of rotatable bonds is 5. The molecule has 24 heavy (non-hydrogen) atoms. The predicted molar refractivity (Wildman–Crippen MR) is 97.7 cm³/mol. The van der Waals surface area contributed by atoms with E-state index in [1.165, 1.54) is 0 Å². The van der Waals surface area contributed by atoms with Crippen molar-refractivity contribution in [2.24, 2.45) is 5.14 Å². The Labute approximate surface area is 148 Å². The van der Waals surface area contributed by atoms with E-state index in [9.17, 15) is 4.21 Å². The van der Waals surface area contributed by atoms with Gasteiger partial charge in [-0.15, -0.1) is 0 Å².